The maximum absolute atomic E-state index is 4.22. The molecule has 2 aromatic rings. The molecule has 0 fully saturated rings. The highest BCUT2D eigenvalue weighted by molar-refractivity contribution is 14.1. The van der Waals surface area contributed by atoms with Crippen molar-refractivity contribution in [2.75, 3.05) is 0 Å². The Labute approximate surface area is 77.2 Å². The van der Waals surface area contributed by atoms with Gasteiger partial charge in [0.05, 0.1) is 29.1 Å². The van der Waals surface area contributed by atoms with E-state index in [-0.39, 0.29) is 0 Å². The van der Waals surface area contributed by atoms with Crippen LogP contribution in [-0.2, 0) is 0 Å². The highest BCUT2D eigenvalue weighted by atomic mass is 127. The lowest BCUT2D eigenvalue weighted by Crippen LogP contribution is -1.82. The van der Waals surface area contributed by atoms with E-state index < -0.39 is 0 Å². The molecule has 0 N–H and O–H groups in total. The molecular formula is C6H5IN4. The SMILES string of the molecule is Cc1nc2ncncc2n1I. The van der Waals surface area contributed by atoms with Gasteiger partial charge in [-0.3, -0.25) is 2.78 Å². The van der Waals surface area contributed by atoms with Gasteiger partial charge in [0, 0.05) is 0 Å². The Morgan fingerprint density at radius 3 is 3.09 bits per heavy atom. The lowest BCUT2D eigenvalue weighted by atomic mass is 10.6. The van der Waals surface area contributed by atoms with Crippen LogP contribution in [0.3, 0.4) is 0 Å². The van der Waals surface area contributed by atoms with Crippen molar-refractivity contribution in [3.05, 3.63) is 18.3 Å². The molecule has 2 heterocycles. The molecule has 0 unspecified atom stereocenters. The van der Waals surface area contributed by atoms with Crippen LogP contribution in [0.15, 0.2) is 12.5 Å². The molecule has 0 aliphatic heterocycles. The molecule has 0 atom stereocenters. The minimum atomic E-state index is 0.756. The van der Waals surface area contributed by atoms with Gasteiger partial charge in [-0.1, -0.05) is 0 Å². The first kappa shape index (κ1) is 6.96. The number of hydrogen-bond donors (Lipinski definition) is 0. The molecule has 0 bridgehead atoms. The molecule has 56 valence electrons. The summed E-state index contributed by atoms with van der Waals surface area (Å²) in [5.74, 6) is 0.945. The van der Waals surface area contributed by atoms with Gasteiger partial charge in [0.25, 0.3) is 0 Å². The molecule has 5 heteroatoms. The molecule has 11 heavy (non-hydrogen) atoms. The second kappa shape index (κ2) is 2.40. The first-order valence-electron chi connectivity index (χ1n) is 3.10. The number of nitrogens with zero attached hydrogens (tertiary/aromatic N) is 4. The third-order valence-electron chi connectivity index (χ3n) is 1.44. The van der Waals surface area contributed by atoms with Gasteiger partial charge in [-0.25, -0.2) is 15.0 Å². The van der Waals surface area contributed by atoms with Crippen LogP contribution in [0.2, 0.25) is 0 Å². The Balaban J connectivity index is 2.92. The van der Waals surface area contributed by atoms with Crippen molar-refractivity contribution in [2.45, 2.75) is 6.92 Å². The fourth-order valence-electron chi connectivity index (χ4n) is 0.912. The van der Waals surface area contributed by atoms with E-state index in [1.54, 1.807) is 6.20 Å². The molecule has 0 aliphatic carbocycles. The summed E-state index contributed by atoms with van der Waals surface area (Å²) < 4.78 is 1.94. The first-order chi connectivity index (χ1) is 5.29. The molecule has 2 aromatic heterocycles. The topological polar surface area (TPSA) is 43.6 Å². The average Bonchev–Trinajstić information content (AvgIpc) is 2.30. The molecule has 0 amide bonds. The van der Waals surface area contributed by atoms with Crippen molar-refractivity contribution in [1.82, 2.24) is 17.7 Å². The second-order valence-electron chi connectivity index (χ2n) is 2.17. The normalized spacial score (nSPS) is 10.7. The molecule has 4 nitrogen and oxygen atoms in total. The van der Waals surface area contributed by atoms with Crippen molar-refractivity contribution in [2.24, 2.45) is 0 Å². The van der Waals surface area contributed by atoms with Crippen LogP contribution in [0, 0.1) is 6.92 Å². The number of hydrogen-bond acceptors (Lipinski definition) is 3. The summed E-state index contributed by atoms with van der Waals surface area (Å²) in [6.45, 7) is 1.94. The zero-order chi connectivity index (χ0) is 7.84. The van der Waals surface area contributed by atoms with Gasteiger partial charge in [-0.2, -0.15) is 0 Å². The molecular weight excluding hydrogens is 255 g/mol. The van der Waals surface area contributed by atoms with E-state index in [1.165, 1.54) is 6.33 Å². The van der Waals surface area contributed by atoms with Crippen LogP contribution < -0.4 is 0 Å². The van der Waals surface area contributed by atoms with Gasteiger partial charge in [-0.05, 0) is 6.92 Å². The van der Waals surface area contributed by atoms with Gasteiger partial charge in [0.1, 0.15) is 17.7 Å². The van der Waals surface area contributed by atoms with E-state index in [4.69, 9.17) is 0 Å². The largest absolute Gasteiger partial charge is 0.265 e. The van der Waals surface area contributed by atoms with E-state index >= 15 is 0 Å². The third kappa shape index (κ3) is 0.991. The van der Waals surface area contributed by atoms with E-state index in [1.807, 2.05) is 9.70 Å². The Morgan fingerprint density at radius 2 is 2.36 bits per heavy atom. The Bertz CT molecular complexity index is 394. The molecule has 0 aromatic carbocycles. The van der Waals surface area contributed by atoms with Crippen molar-refractivity contribution < 1.29 is 0 Å². The van der Waals surface area contributed by atoms with Gasteiger partial charge in [0.2, 0.25) is 0 Å². The predicted molar refractivity (Wildman–Crippen MR) is 49.5 cm³/mol. The van der Waals surface area contributed by atoms with Crippen LogP contribution in [0.4, 0.5) is 0 Å². The highest BCUT2D eigenvalue weighted by Gasteiger charge is 2.03. The van der Waals surface area contributed by atoms with Crippen molar-refractivity contribution in [3.8, 4) is 0 Å². The van der Waals surface area contributed by atoms with E-state index in [9.17, 15) is 0 Å². The lowest BCUT2D eigenvalue weighted by molar-refractivity contribution is 1.14. The number of rotatable bonds is 0. The summed E-state index contributed by atoms with van der Waals surface area (Å²) in [6.07, 6.45) is 3.26. The summed E-state index contributed by atoms with van der Waals surface area (Å²) >= 11 is 2.17. The van der Waals surface area contributed by atoms with E-state index in [0.29, 0.717) is 0 Å². The standard InChI is InChI=1S/C6H5IN4/c1-4-10-6-5(11(4)7)2-8-3-9-6/h2-3H,1H3. The lowest BCUT2D eigenvalue weighted by Gasteiger charge is -1.89. The quantitative estimate of drug-likeness (QED) is 0.671. The van der Waals surface area contributed by atoms with Crippen molar-refractivity contribution in [1.29, 1.82) is 0 Å². The maximum atomic E-state index is 4.22. The van der Waals surface area contributed by atoms with Crippen LogP contribution in [-0.4, -0.2) is 17.7 Å². The number of halogens is 1. The Morgan fingerprint density at radius 1 is 1.55 bits per heavy atom. The van der Waals surface area contributed by atoms with Crippen LogP contribution in [0.1, 0.15) is 5.82 Å². The third-order valence-corrected chi connectivity index (χ3v) is 2.65. The van der Waals surface area contributed by atoms with Gasteiger partial charge < -0.3 is 0 Å². The van der Waals surface area contributed by atoms with Gasteiger partial charge >= 0.3 is 0 Å². The fraction of sp³-hybridized carbons (Fsp3) is 0.167. The number of fused-ring (bicyclic) bond motifs is 1. The zero-order valence-corrected chi connectivity index (χ0v) is 7.98. The van der Waals surface area contributed by atoms with Gasteiger partial charge in [0.15, 0.2) is 5.65 Å². The maximum Gasteiger partial charge on any atom is 0.181 e. The second-order valence-corrected chi connectivity index (χ2v) is 3.14. The Hall–Kier alpha value is -0.720. The van der Waals surface area contributed by atoms with Crippen LogP contribution in [0.5, 0.6) is 0 Å². The zero-order valence-electron chi connectivity index (χ0n) is 5.82. The van der Waals surface area contributed by atoms with Crippen LogP contribution >= 0.6 is 22.9 Å². The monoisotopic (exact) mass is 260 g/mol. The summed E-state index contributed by atoms with van der Waals surface area (Å²) in [5, 5.41) is 0. The molecule has 0 radical (unpaired) electrons. The predicted octanol–water partition coefficient (Wildman–Crippen LogP) is 1.33. The minimum absolute atomic E-state index is 0.756. The number of aryl methyl sites for hydroxylation is 1. The average molecular weight is 260 g/mol. The smallest absolute Gasteiger partial charge is 0.181 e. The molecule has 2 rings (SSSR count). The van der Waals surface area contributed by atoms with Crippen molar-refractivity contribution >= 4 is 34.0 Å². The van der Waals surface area contributed by atoms with Crippen LogP contribution in [0.25, 0.3) is 11.2 Å². The summed E-state index contributed by atoms with van der Waals surface area (Å²) in [6, 6.07) is 0. The van der Waals surface area contributed by atoms with E-state index in [0.717, 1.165) is 17.0 Å². The molecule has 0 spiro atoms. The minimum Gasteiger partial charge on any atom is -0.265 e. The number of aromatic nitrogens is 4. The summed E-state index contributed by atoms with van der Waals surface area (Å²) in [5.41, 5.74) is 1.72. The molecule has 0 aliphatic rings. The molecule has 0 saturated carbocycles. The fourth-order valence-corrected chi connectivity index (χ4v) is 1.36. The van der Waals surface area contributed by atoms with Crippen molar-refractivity contribution in [3.63, 3.8) is 0 Å². The Kier molecular flexibility index (Phi) is 1.52. The molecule has 0 saturated heterocycles. The first-order valence-corrected chi connectivity index (χ1v) is 4.07. The van der Waals surface area contributed by atoms with E-state index in [2.05, 4.69) is 37.8 Å². The summed E-state index contributed by atoms with van der Waals surface area (Å²) in [4.78, 5) is 12.1. The number of imidazole rings is 1. The van der Waals surface area contributed by atoms with Gasteiger partial charge in [-0.15, -0.1) is 0 Å². The summed E-state index contributed by atoms with van der Waals surface area (Å²) in [7, 11) is 0. The highest BCUT2D eigenvalue weighted by Crippen LogP contribution is 2.14.